The highest BCUT2D eigenvalue weighted by Gasteiger charge is 1.89. The van der Waals surface area contributed by atoms with E-state index in [1.807, 2.05) is 54.6 Å². The molecule has 0 aliphatic heterocycles. The van der Waals surface area contributed by atoms with Crippen molar-refractivity contribution in [1.29, 1.82) is 10.7 Å². The van der Waals surface area contributed by atoms with Gasteiger partial charge in [0, 0.05) is 5.56 Å². The van der Waals surface area contributed by atoms with E-state index in [0.717, 1.165) is 5.56 Å². The zero-order valence-corrected chi connectivity index (χ0v) is 9.30. The van der Waals surface area contributed by atoms with Gasteiger partial charge in [0.25, 0.3) is 0 Å². The molecule has 3 nitrogen and oxygen atoms in total. The van der Waals surface area contributed by atoms with Crippen molar-refractivity contribution in [3.05, 3.63) is 71.8 Å². The number of amidine groups is 1. The van der Waals surface area contributed by atoms with Crippen LogP contribution >= 0.6 is 0 Å². The zero-order chi connectivity index (χ0) is 12.5. The van der Waals surface area contributed by atoms with E-state index in [1.165, 1.54) is 0 Å². The van der Waals surface area contributed by atoms with Crippen LogP contribution in [-0.4, -0.2) is 5.84 Å². The molecule has 3 heteroatoms. The Labute approximate surface area is 101 Å². The van der Waals surface area contributed by atoms with Gasteiger partial charge >= 0.3 is 0 Å². The van der Waals surface area contributed by atoms with E-state index >= 15 is 0 Å². The summed E-state index contributed by atoms with van der Waals surface area (Å²) in [6.45, 7) is 0. The fourth-order valence-electron chi connectivity index (χ4n) is 1.13. The molecule has 0 saturated carbocycles. The lowest BCUT2D eigenvalue weighted by molar-refractivity contribution is 1.42. The number of hydrogen-bond donors (Lipinski definition) is 2. The maximum Gasteiger partial charge on any atom is 0.122 e. The summed E-state index contributed by atoms with van der Waals surface area (Å²) in [5, 5.41) is 15.3. The maximum atomic E-state index is 8.29. The lowest BCUT2D eigenvalue weighted by atomic mass is 10.2. The molecule has 0 aliphatic rings. The predicted molar refractivity (Wildman–Crippen MR) is 68.6 cm³/mol. The summed E-state index contributed by atoms with van der Waals surface area (Å²) in [6.07, 6.45) is 0. The van der Waals surface area contributed by atoms with Crippen molar-refractivity contribution in [1.82, 2.24) is 0 Å². The fraction of sp³-hybridized carbons (Fsp3) is 0. The summed E-state index contributed by atoms with van der Waals surface area (Å²) in [5.41, 5.74) is 6.69. The van der Waals surface area contributed by atoms with Crippen LogP contribution in [0.4, 0.5) is 0 Å². The first-order chi connectivity index (χ1) is 8.24. The third kappa shape index (κ3) is 4.63. The van der Waals surface area contributed by atoms with E-state index < -0.39 is 0 Å². The minimum Gasteiger partial charge on any atom is -0.384 e. The minimum absolute atomic E-state index is 0.121. The van der Waals surface area contributed by atoms with Crippen LogP contribution in [0.5, 0.6) is 0 Å². The first-order valence-corrected chi connectivity index (χ1v) is 5.08. The normalized spacial score (nSPS) is 8.41. The summed E-state index contributed by atoms with van der Waals surface area (Å²) in [5.74, 6) is 0.121. The minimum atomic E-state index is 0.121. The zero-order valence-electron chi connectivity index (χ0n) is 9.30. The van der Waals surface area contributed by atoms with Crippen molar-refractivity contribution in [2.45, 2.75) is 0 Å². The van der Waals surface area contributed by atoms with Gasteiger partial charge in [0.05, 0.1) is 11.6 Å². The van der Waals surface area contributed by atoms with Crippen LogP contribution in [0.1, 0.15) is 11.1 Å². The van der Waals surface area contributed by atoms with Gasteiger partial charge in [0.15, 0.2) is 0 Å². The molecular weight excluding hydrogens is 210 g/mol. The van der Waals surface area contributed by atoms with Gasteiger partial charge < -0.3 is 5.73 Å². The largest absolute Gasteiger partial charge is 0.384 e. The fourth-order valence-corrected chi connectivity index (χ4v) is 1.13. The van der Waals surface area contributed by atoms with Crippen LogP contribution in [0, 0.1) is 16.7 Å². The lowest BCUT2D eigenvalue weighted by Crippen LogP contribution is -2.10. The molecule has 84 valence electrons. The SMILES string of the molecule is N#Cc1ccccc1.N=C(N)c1ccccc1. The second-order valence-electron chi connectivity index (χ2n) is 3.26. The first-order valence-electron chi connectivity index (χ1n) is 5.08. The number of nitrogens with one attached hydrogen (secondary N) is 1. The molecule has 3 N–H and O–H groups in total. The Morgan fingerprint density at radius 2 is 1.41 bits per heavy atom. The van der Waals surface area contributed by atoms with Crippen LogP contribution in [-0.2, 0) is 0 Å². The van der Waals surface area contributed by atoms with Crippen molar-refractivity contribution >= 4 is 5.84 Å². The molecule has 0 bridgehead atoms. The Morgan fingerprint density at radius 3 is 1.71 bits per heavy atom. The number of nitriles is 1. The molecule has 0 atom stereocenters. The lowest BCUT2D eigenvalue weighted by Gasteiger charge is -1.93. The highest BCUT2D eigenvalue weighted by molar-refractivity contribution is 5.94. The Balaban J connectivity index is 0.000000171. The summed E-state index contributed by atoms with van der Waals surface area (Å²) in [7, 11) is 0. The molecule has 0 spiro atoms. The quantitative estimate of drug-likeness (QED) is 0.576. The number of nitrogen functional groups attached to an aromatic ring is 1. The first kappa shape index (κ1) is 12.5. The average Bonchev–Trinajstić information content (AvgIpc) is 2.41. The second-order valence-corrected chi connectivity index (χ2v) is 3.26. The molecule has 0 radical (unpaired) electrons. The average molecular weight is 223 g/mol. The van der Waals surface area contributed by atoms with Crippen LogP contribution in [0.2, 0.25) is 0 Å². The summed E-state index contributed by atoms with van der Waals surface area (Å²) in [6, 6.07) is 20.4. The van der Waals surface area contributed by atoms with E-state index in [-0.39, 0.29) is 5.84 Å². The van der Waals surface area contributed by atoms with E-state index in [4.69, 9.17) is 16.4 Å². The van der Waals surface area contributed by atoms with Crippen molar-refractivity contribution in [2.75, 3.05) is 0 Å². The summed E-state index contributed by atoms with van der Waals surface area (Å²) >= 11 is 0. The third-order valence-electron chi connectivity index (χ3n) is 1.99. The monoisotopic (exact) mass is 223 g/mol. The number of hydrogen-bond acceptors (Lipinski definition) is 2. The number of benzene rings is 2. The van der Waals surface area contributed by atoms with E-state index in [2.05, 4.69) is 0 Å². The van der Waals surface area contributed by atoms with Crippen LogP contribution in [0.25, 0.3) is 0 Å². The van der Waals surface area contributed by atoms with Crippen LogP contribution in [0.3, 0.4) is 0 Å². The highest BCUT2D eigenvalue weighted by atomic mass is 14.7. The predicted octanol–water partition coefficient (Wildman–Crippen LogP) is 2.53. The van der Waals surface area contributed by atoms with Gasteiger partial charge in [-0.2, -0.15) is 5.26 Å². The molecule has 0 aromatic heterocycles. The summed E-state index contributed by atoms with van der Waals surface area (Å²) < 4.78 is 0. The molecule has 2 aromatic rings. The molecule has 0 aliphatic carbocycles. The topological polar surface area (TPSA) is 73.7 Å². The van der Waals surface area contributed by atoms with Crippen molar-refractivity contribution in [2.24, 2.45) is 5.73 Å². The van der Waals surface area contributed by atoms with Gasteiger partial charge in [0.2, 0.25) is 0 Å². The number of nitrogens with zero attached hydrogens (tertiary/aromatic N) is 1. The molecule has 0 saturated heterocycles. The molecular formula is C14H13N3. The Bertz CT molecular complexity index is 498. The van der Waals surface area contributed by atoms with Gasteiger partial charge in [-0.05, 0) is 12.1 Å². The smallest absolute Gasteiger partial charge is 0.122 e. The number of rotatable bonds is 1. The Morgan fingerprint density at radius 1 is 0.941 bits per heavy atom. The molecule has 17 heavy (non-hydrogen) atoms. The van der Waals surface area contributed by atoms with E-state index in [1.54, 1.807) is 12.1 Å². The van der Waals surface area contributed by atoms with Crippen molar-refractivity contribution in [3.8, 4) is 6.07 Å². The van der Waals surface area contributed by atoms with Crippen molar-refractivity contribution in [3.63, 3.8) is 0 Å². The molecule has 2 aromatic carbocycles. The Hall–Kier alpha value is -2.60. The van der Waals surface area contributed by atoms with Gasteiger partial charge in [-0.25, -0.2) is 0 Å². The standard InChI is InChI=1S/C7H8N2.C7H5N/c8-7(9)6-4-2-1-3-5-6;8-6-7-4-2-1-3-5-7/h1-5H,(H3,8,9);1-5H. The molecule has 0 amide bonds. The summed E-state index contributed by atoms with van der Waals surface area (Å²) in [4.78, 5) is 0. The molecule has 0 heterocycles. The van der Waals surface area contributed by atoms with Crippen molar-refractivity contribution < 1.29 is 0 Å². The van der Waals surface area contributed by atoms with Gasteiger partial charge in [-0.3, -0.25) is 5.41 Å². The molecule has 2 rings (SSSR count). The maximum absolute atomic E-state index is 8.29. The Kier molecular flexibility index (Phi) is 4.99. The molecule has 0 unspecified atom stereocenters. The van der Waals surface area contributed by atoms with Gasteiger partial charge in [-0.15, -0.1) is 0 Å². The number of nitrogens with two attached hydrogens (primary N) is 1. The van der Waals surface area contributed by atoms with Crippen LogP contribution in [0.15, 0.2) is 60.7 Å². The highest BCUT2D eigenvalue weighted by Crippen LogP contribution is 1.94. The van der Waals surface area contributed by atoms with Gasteiger partial charge in [-0.1, -0.05) is 48.5 Å². The van der Waals surface area contributed by atoms with E-state index in [0.29, 0.717) is 5.56 Å². The van der Waals surface area contributed by atoms with Gasteiger partial charge in [0.1, 0.15) is 5.84 Å². The van der Waals surface area contributed by atoms with Crippen LogP contribution < -0.4 is 5.73 Å². The third-order valence-corrected chi connectivity index (χ3v) is 1.99. The second kappa shape index (κ2) is 6.81. The van der Waals surface area contributed by atoms with E-state index in [9.17, 15) is 0 Å². The molecule has 0 fully saturated rings.